The van der Waals surface area contributed by atoms with Crippen LogP contribution < -0.4 is 10.9 Å². The maximum Gasteiger partial charge on any atom is 0.296 e. The highest BCUT2D eigenvalue weighted by atomic mass is 35.5. The van der Waals surface area contributed by atoms with Crippen molar-refractivity contribution < 1.29 is 18.8 Å². The first-order chi connectivity index (χ1) is 16.2. The van der Waals surface area contributed by atoms with Crippen LogP contribution in [0.15, 0.2) is 52.4 Å². The van der Waals surface area contributed by atoms with E-state index in [1.165, 1.54) is 37.7 Å². The lowest BCUT2D eigenvalue weighted by Gasteiger charge is -2.26. The summed E-state index contributed by atoms with van der Waals surface area (Å²) < 4.78 is 21.6. The number of nitrogens with zero attached hydrogens (tertiary/aromatic N) is 5. The van der Waals surface area contributed by atoms with Gasteiger partial charge in [-0.1, -0.05) is 23.7 Å². The minimum Gasteiger partial charge on any atom is -0.501 e. The summed E-state index contributed by atoms with van der Waals surface area (Å²) in [5.41, 5.74) is 0.0885. The van der Waals surface area contributed by atoms with E-state index in [0.29, 0.717) is 16.1 Å². The molecule has 0 saturated heterocycles. The molecule has 0 aliphatic rings. The second-order valence-corrected chi connectivity index (χ2v) is 8.19. The lowest BCUT2D eigenvalue weighted by atomic mass is 9.82. The summed E-state index contributed by atoms with van der Waals surface area (Å²) in [5.74, 6) is -3.12. The smallest absolute Gasteiger partial charge is 0.296 e. The number of aromatic hydroxyl groups is 1. The van der Waals surface area contributed by atoms with E-state index >= 15 is 0 Å². The molecule has 4 rings (SSSR count). The van der Waals surface area contributed by atoms with Crippen LogP contribution in [-0.4, -0.2) is 35.5 Å². The van der Waals surface area contributed by atoms with Crippen LogP contribution in [0.25, 0.3) is 0 Å². The van der Waals surface area contributed by atoms with E-state index in [0.717, 1.165) is 4.57 Å². The van der Waals surface area contributed by atoms with Crippen molar-refractivity contribution in [1.29, 1.82) is 0 Å². The van der Waals surface area contributed by atoms with E-state index in [9.17, 15) is 19.1 Å². The normalized spacial score (nSPS) is 13.0. The van der Waals surface area contributed by atoms with Crippen LogP contribution >= 0.6 is 11.6 Å². The van der Waals surface area contributed by atoms with Crippen LogP contribution in [-0.2, 0) is 14.1 Å². The molecule has 0 spiro atoms. The van der Waals surface area contributed by atoms with Crippen LogP contribution in [0.2, 0.25) is 5.02 Å². The average molecular weight is 487 g/mol. The largest absolute Gasteiger partial charge is 0.501 e. The quantitative estimate of drug-likeness (QED) is 0.428. The highest BCUT2D eigenvalue weighted by molar-refractivity contribution is 6.31. The zero-order valence-electron chi connectivity index (χ0n) is 18.4. The van der Waals surface area contributed by atoms with Gasteiger partial charge in [-0.25, -0.2) is 9.37 Å². The first-order valence-corrected chi connectivity index (χ1v) is 10.5. The van der Waals surface area contributed by atoms with E-state index in [1.54, 1.807) is 31.0 Å². The molecule has 3 aromatic heterocycles. The van der Waals surface area contributed by atoms with Crippen molar-refractivity contribution in [3.8, 4) is 5.75 Å². The summed E-state index contributed by atoms with van der Waals surface area (Å²) in [5, 5.41) is 20.8. The molecule has 0 aliphatic heterocycles. The summed E-state index contributed by atoms with van der Waals surface area (Å²) in [7, 11) is 3.16. The summed E-state index contributed by atoms with van der Waals surface area (Å²) in [6.45, 7) is 1.76. The lowest BCUT2D eigenvalue weighted by molar-refractivity contribution is 0.101. The standard InChI is InChI=1S/C22H20ClFN6O4/c1-11(17(12-7-25-29(2)9-12)15-6-13(24)4-5-16(15)23)20-28-18(19(31)22(33)30(20)3)21(32)27-14-8-26-34-10-14/h4-11,17,31H,1-3H3,(H,27,32). The molecule has 1 amide bonds. The van der Waals surface area contributed by atoms with E-state index < -0.39 is 40.6 Å². The van der Waals surface area contributed by atoms with E-state index in [1.807, 2.05) is 0 Å². The predicted molar refractivity (Wildman–Crippen MR) is 120 cm³/mol. The molecule has 0 fully saturated rings. The number of hydrogen-bond acceptors (Lipinski definition) is 7. The molecule has 1 aromatic carbocycles. The number of nitrogens with one attached hydrogen (secondary N) is 1. The number of aryl methyl sites for hydroxylation is 1. The molecule has 10 nitrogen and oxygen atoms in total. The van der Waals surface area contributed by atoms with Crippen LogP contribution in [0.1, 0.15) is 46.2 Å². The summed E-state index contributed by atoms with van der Waals surface area (Å²) in [6, 6.07) is 4.01. The van der Waals surface area contributed by atoms with Crippen molar-refractivity contribution in [3.63, 3.8) is 0 Å². The van der Waals surface area contributed by atoms with Crippen LogP contribution in [0.5, 0.6) is 5.75 Å². The number of carbonyl (C=O) groups is 1. The number of benzene rings is 1. The van der Waals surface area contributed by atoms with Crippen molar-refractivity contribution >= 4 is 23.2 Å². The predicted octanol–water partition coefficient (Wildman–Crippen LogP) is 3.19. The highest BCUT2D eigenvalue weighted by Crippen LogP contribution is 2.40. The minimum atomic E-state index is -0.825. The Balaban J connectivity index is 1.85. The van der Waals surface area contributed by atoms with Gasteiger partial charge in [0.15, 0.2) is 5.69 Å². The monoisotopic (exact) mass is 486 g/mol. The van der Waals surface area contributed by atoms with Crippen molar-refractivity contribution in [1.82, 2.24) is 24.5 Å². The van der Waals surface area contributed by atoms with Crippen LogP contribution in [0, 0.1) is 5.82 Å². The fourth-order valence-electron chi connectivity index (χ4n) is 3.87. The summed E-state index contributed by atoms with van der Waals surface area (Å²) in [6.07, 6.45) is 5.80. The third kappa shape index (κ3) is 4.29. The molecule has 34 heavy (non-hydrogen) atoms. The fourth-order valence-corrected chi connectivity index (χ4v) is 4.10. The molecule has 176 valence electrons. The zero-order valence-corrected chi connectivity index (χ0v) is 19.1. The number of halogens is 2. The van der Waals surface area contributed by atoms with Gasteiger partial charge < -0.3 is 14.9 Å². The number of carbonyl (C=O) groups excluding carboxylic acids is 1. The lowest BCUT2D eigenvalue weighted by Crippen LogP contribution is -2.29. The molecule has 2 N–H and O–H groups in total. The topological polar surface area (TPSA) is 128 Å². The Morgan fingerprint density at radius 1 is 1.29 bits per heavy atom. The van der Waals surface area contributed by atoms with Crippen molar-refractivity contribution in [2.75, 3.05) is 5.32 Å². The average Bonchev–Trinajstić information content (AvgIpc) is 3.46. The second kappa shape index (κ2) is 9.10. The number of anilines is 1. The fraction of sp³-hybridized carbons (Fsp3) is 0.227. The van der Waals surface area contributed by atoms with Crippen molar-refractivity contribution in [2.24, 2.45) is 14.1 Å². The number of amides is 1. The van der Waals surface area contributed by atoms with E-state index in [-0.39, 0.29) is 11.5 Å². The van der Waals surface area contributed by atoms with Crippen LogP contribution in [0.4, 0.5) is 10.1 Å². The Kier molecular flexibility index (Phi) is 6.20. The molecule has 0 aliphatic carbocycles. The van der Waals surface area contributed by atoms with Gasteiger partial charge in [-0.05, 0) is 29.3 Å². The Morgan fingerprint density at radius 2 is 2.06 bits per heavy atom. The number of hydrogen-bond donors (Lipinski definition) is 2. The Morgan fingerprint density at radius 3 is 2.71 bits per heavy atom. The molecule has 2 unspecified atom stereocenters. The van der Waals surface area contributed by atoms with Gasteiger partial charge in [-0.15, -0.1) is 0 Å². The van der Waals surface area contributed by atoms with Gasteiger partial charge in [-0.2, -0.15) is 5.10 Å². The third-order valence-corrected chi connectivity index (χ3v) is 5.84. The van der Waals surface area contributed by atoms with Gasteiger partial charge in [0, 0.05) is 37.2 Å². The second-order valence-electron chi connectivity index (χ2n) is 7.78. The molecule has 0 saturated carbocycles. The van der Waals surface area contributed by atoms with Gasteiger partial charge in [0.2, 0.25) is 5.75 Å². The van der Waals surface area contributed by atoms with Gasteiger partial charge in [0.25, 0.3) is 11.5 Å². The molecule has 4 aromatic rings. The van der Waals surface area contributed by atoms with Crippen LogP contribution in [0.3, 0.4) is 0 Å². The Hall–Kier alpha value is -3.99. The van der Waals surface area contributed by atoms with Gasteiger partial charge in [0.1, 0.15) is 23.6 Å². The van der Waals surface area contributed by atoms with Gasteiger partial charge in [0.05, 0.1) is 12.4 Å². The molecule has 0 bridgehead atoms. The third-order valence-electron chi connectivity index (χ3n) is 5.49. The maximum absolute atomic E-state index is 14.2. The first kappa shape index (κ1) is 23.2. The summed E-state index contributed by atoms with van der Waals surface area (Å²) >= 11 is 6.43. The summed E-state index contributed by atoms with van der Waals surface area (Å²) in [4.78, 5) is 29.9. The van der Waals surface area contributed by atoms with Crippen molar-refractivity contribution in [3.05, 3.63) is 86.9 Å². The molecular weight excluding hydrogens is 467 g/mol. The number of aromatic nitrogens is 5. The van der Waals surface area contributed by atoms with E-state index in [2.05, 4.69) is 25.1 Å². The molecule has 2 atom stereocenters. The van der Waals surface area contributed by atoms with E-state index in [4.69, 9.17) is 11.6 Å². The highest BCUT2D eigenvalue weighted by Gasteiger charge is 2.31. The maximum atomic E-state index is 14.2. The molecule has 0 radical (unpaired) electrons. The Labute approximate surface area is 197 Å². The number of rotatable bonds is 6. The Bertz CT molecular complexity index is 1420. The molecule has 12 heteroatoms. The zero-order chi connectivity index (χ0) is 24.6. The van der Waals surface area contributed by atoms with Crippen molar-refractivity contribution in [2.45, 2.75) is 18.8 Å². The van der Waals surface area contributed by atoms with Gasteiger partial charge in [-0.3, -0.25) is 18.8 Å². The minimum absolute atomic E-state index is 0.174. The molecule has 3 heterocycles. The van der Waals surface area contributed by atoms with Gasteiger partial charge >= 0.3 is 0 Å². The SMILES string of the molecule is CC(c1nc(C(=O)Nc2cnoc2)c(O)c(=O)n1C)C(c1cnn(C)c1)c1cc(F)ccc1Cl. The molecular formula is C22H20ClFN6O4. The first-order valence-electron chi connectivity index (χ1n) is 10.1.